The molecule has 4 unspecified atom stereocenters. The van der Waals surface area contributed by atoms with E-state index in [0.29, 0.717) is 6.54 Å². The number of carbonyl (C=O) groups is 1. The predicted octanol–water partition coefficient (Wildman–Crippen LogP) is 3.13. The minimum Gasteiger partial charge on any atom is -0.325 e. The van der Waals surface area contributed by atoms with E-state index in [1.807, 2.05) is 12.1 Å². The van der Waals surface area contributed by atoms with Crippen molar-refractivity contribution in [3.63, 3.8) is 0 Å². The van der Waals surface area contributed by atoms with Crippen LogP contribution in [0.4, 0.5) is 5.69 Å². The lowest BCUT2D eigenvalue weighted by Crippen LogP contribution is -2.30. The van der Waals surface area contributed by atoms with Gasteiger partial charge in [-0.3, -0.25) is 9.69 Å². The Kier molecular flexibility index (Phi) is 6.13. The third-order valence-electron chi connectivity index (χ3n) is 3.11. The topological polar surface area (TPSA) is 32.3 Å². The quantitative estimate of drug-likeness (QED) is 0.859. The van der Waals surface area contributed by atoms with E-state index in [4.69, 9.17) is 0 Å². The van der Waals surface area contributed by atoms with Gasteiger partial charge in [0.25, 0.3) is 0 Å². The molecule has 0 spiro atoms. The van der Waals surface area contributed by atoms with Gasteiger partial charge >= 0.3 is 0 Å². The number of rotatable bonds is 4. The van der Waals surface area contributed by atoms with Crippen LogP contribution in [0.5, 0.6) is 0 Å². The molecule has 1 aliphatic rings. The minimum absolute atomic E-state index is 0.103. The molecule has 3 nitrogen and oxygen atoms in total. The number of amides is 1. The van der Waals surface area contributed by atoms with Crippen molar-refractivity contribution in [3.8, 4) is 0 Å². The molecule has 4 atom stereocenters. The Morgan fingerprint density at radius 3 is 2.95 bits per heavy atom. The van der Waals surface area contributed by atoms with Crippen LogP contribution in [0.25, 0.3) is 0 Å². The Balaban J connectivity index is 2.38. The van der Waals surface area contributed by atoms with Crippen LogP contribution >= 0.6 is 33.1 Å². The number of fused-ring (bicyclic) bond motifs is 1. The molecule has 1 amide bonds. The molecule has 1 N–H and O–H groups in total. The number of anilines is 1. The first-order valence-corrected chi connectivity index (χ1v) is 12.9. The average molecular weight is 332 g/mol. The molecule has 0 fully saturated rings. The number of nitrogens with zero attached hydrogens (tertiary/aromatic N) is 1. The molecule has 0 aliphatic carbocycles. The lowest BCUT2D eigenvalue weighted by Gasteiger charge is -2.21. The normalized spacial score (nSPS) is 18.2. The van der Waals surface area contributed by atoms with Crippen LogP contribution in [-0.2, 0) is 11.3 Å². The Morgan fingerprint density at radius 2 is 2.26 bits per heavy atom. The van der Waals surface area contributed by atoms with Gasteiger partial charge in [-0.25, -0.2) is 0 Å². The highest BCUT2D eigenvalue weighted by molar-refractivity contribution is 8.63. The van der Waals surface area contributed by atoms with Crippen LogP contribution in [0.15, 0.2) is 18.2 Å². The first kappa shape index (κ1) is 15.8. The van der Waals surface area contributed by atoms with E-state index in [1.165, 1.54) is 10.9 Å². The fraction of sp³-hybridized carbons (Fsp3) is 0.417. The largest absolute Gasteiger partial charge is 0.325 e. The van der Waals surface area contributed by atoms with Crippen LogP contribution in [-0.4, -0.2) is 23.9 Å². The van der Waals surface area contributed by atoms with E-state index >= 15 is 0 Å². The molecule has 0 saturated carbocycles. The van der Waals surface area contributed by atoms with Gasteiger partial charge in [-0.2, -0.15) is 0 Å². The molecule has 0 aromatic heterocycles. The minimum atomic E-state index is -0.213. The van der Waals surface area contributed by atoms with E-state index in [0.717, 1.165) is 33.2 Å². The van der Waals surface area contributed by atoms with Gasteiger partial charge in [-0.15, -0.1) is 17.9 Å². The number of benzene rings is 1. The van der Waals surface area contributed by atoms with E-state index in [9.17, 15) is 4.79 Å². The Hall–Kier alpha value is 0.370. The molecule has 19 heavy (non-hydrogen) atoms. The fourth-order valence-corrected chi connectivity index (χ4v) is 6.19. The Morgan fingerprint density at radius 1 is 1.47 bits per heavy atom. The molecule has 0 bridgehead atoms. The highest BCUT2D eigenvalue weighted by atomic mass is 32.6. The molecular formula is C12H20N2OP4. The molecule has 2 rings (SSSR count). The predicted molar refractivity (Wildman–Crippen MR) is 94.9 cm³/mol. The number of hydrogen-bond donors (Lipinski definition) is 1. The van der Waals surface area contributed by atoms with Gasteiger partial charge in [0.15, 0.2) is 0 Å². The summed E-state index contributed by atoms with van der Waals surface area (Å²) in [6.07, 6.45) is 1.08. The van der Waals surface area contributed by atoms with Crippen molar-refractivity contribution in [2.45, 2.75) is 19.9 Å². The second-order valence-electron chi connectivity index (χ2n) is 4.56. The summed E-state index contributed by atoms with van der Waals surface area (Å²) in [6, 6.07) is 6.27. The summed E-state index contributed by atoms with van der Waals surface area (Å²) in [5, 5.41) is 4.44. The summed E-state index contributed by atoms with van der Waals surface area (Å²) < 4.78 is 0. The van der Waals surface area contributed by atoms with Crippen molar-refractivity contribution < 1.29 is 4.79 Å². The Labute approximate surface area is 122 Å². The number of carbonyl (C=O) groups excluding carboxylic acids is 1. The van der Waals surface area contributed by atoms with Gasteiger partial charge in [-0.05, 0) is 37.2 Å². The second kappa shape index (κ2) is 7.40. The molecular weight excluding hydrogens is 312 g/mol. The third-order valence-corrected chi connectivity index (χ3v) is 13.2. The standard InChI is InChI=1S/C12H20N2OP4/c1-2-6-14-7-9-10(13-12(15)8-14)4-3-5-11(9)19(17)18-16/h3-5,18H,2,6-8,16-17H2,1H3,(H,13,15). The second-order valence-corrected chi connectivity index (χ2v) is 13.7. The van der Waals surface area contributed by atoms with Crippen molar-refractivity contribution in [1.29, 1.82) is 0 Å². The maximum absolute atomic E-state index is 11.9. The van der Waals surface area contributed by atoms with Gasteiger partial charge < -0.3 is 5.32 Å². The van der Waals surface area contributed by atoms with E-state index in [1.54, 1.807) is 0 Å². The zero-order valence-corrected chi connectivity index (χ0v) is 15.2. The lowest BCUT2D eigenvalue weighted by molar-refractivity contribution is -0.117. The summed E-state index contributed by atoms with van der Waals surface area (Å²) in [5.74, 6) is 0.103. The summed E-state index contributed by atoms with van der Waals surface area (Å²) in [7, 11) is 6.43. The SMILES string of the molecule is CCCN1CC(=O)Nc2cccc(P(P)PP)c2C1. The smallest absolute Gasteiger partial charge is 0.238 e. The number of hydrogen-bond acceptors (Lipinski definition) is 2. The van der Waals surface area contributed by atoms with Crippen molar-refractivity contribution in [3.05, 3.63) is 23.8 Å². The summed E-state index contributed by atoms with van der Waals surface area (Å²) in [4.78, 5) is 14.2. The highest BCUT2D eigenvalue weighted by Gasteiger charge is 2.22. The first-order valence-electron chi connectivity index (χ1n) is 6.31. The number of nitrogens with one attached hydrogen (secondary N) is 1. The van der Waals surface area contributed by atoms with Gasteiger partial charge in [0.05, 0.1) is 6.54 Å². The molecule has 104 valence electrons. The molecule has 1 aromatic rings. The van der Waals surface area contributed by atoms with Crippen LogP contribution in [0.3, 0.4) is 0 Å². The molecule has 1 heterocycles. The molecule has 0 saturated heterocycles. The van der Waals surface area contributed by atoms with Crippen LogP contribution in [0.1, 0.15) is 18.9 Å². The zero-order valence-electron chi connectivity index (χ0n) is 11.0. The molecule has 7 heteroatoms. The summed E-state index contributed by atoms with van der Waals surface area (Å²) >= 11 is 0. The van der Waals surface area contributed by atoms with Crippen molar-refractivity contribution in [2.24, 2.45) is 0 Å². The van der Waals surface area contributed by atoms with Crippen LogP contribution < -0.4 is 10.6 Å². The zero-order chi connectivity index (χ0) is 13.8. The van der Waals surface area contributed by atoms with E-state index in [2.05, 4.69) is 41.1 Å². The first-order chi connectivity index (χ1) is 9.15. The molecule has 1 aliphatic heterocycles. The van der Waals surface area contributed by atoms with Gasteiger partial charge in [0, 0.05) is 12.2 Å². The van der Waals surface area contributed by atoms with E-state index in [-0.39, 0.29) is 13.2 Å². The summed E-state index contributed by atoms with van der Waals surface area (Å²) in [6.45, 7) is 4.50. The summed E-state index contributed by atoms with van der Waals surface area (Å²) in [5.41, 5.74) is 2.30. The molecule has 1 aromatic carbocycles. The maximum Gasteiger partial charge on any atom is 0.238 e. The van der Waals surface area contributed by atoms with Crippen molar-refractivity contribution >= 4 is 50.0 Å². The maximum atomic E-state index is 11.9. The van der Waals surface area contributed by atoms with Crippen molar-refractivity contribution in [2.75, 3.05) is 18.4 Å². The van der Waals surface area contributed by atoms with Gasteiger partial charge in [-0.1, -0.05) is 27.0 Å². The lowest BCUT2D eigenvalue weighted by atomic mass is 10.1. The Bertz CT molecular complexity index is 469. The van der Waals surface area contributed by atoms with Gasteiger partial charge in [0.1, 0.15) is 0 Å². The monoisotopic (exact) mass is 332 g/mol. The third kappa shape index (κ3) is 3.93. The fourth-order valence-electron chi connectivity index (χ4n) is 2.30. The molecule has 0 radical (unpaired) electrons. The van der Waals surface area contributed by atoms with E-state index < -0.39 is 0 Å². The highest BCUT2D eigenvalue weighted by Crippen LogP contribution is 2.65. The average Bonchev–Trinajstić information content (AvgIpc) is 2.55. The van der Waals surface area contributed by atoms with Crippen LogP contribution in [0, 0.1) is 0 Å². The van der Waals surface area contributed by atoms with Crippen LogP contribution in [0.2, 0.25) is 0 Å². The van der Waals surface area contributed by atoms with Crippen molar-refractivity contribution in [1.82, 2.24) is 4.90 Å². The van der Waals surface area contributed by atoms with Gasteiger partial charge in [0.2, 0.25) is 5.91 Å².